The summed E-state index contributed by atoms with van der Waals surface area (Å²) >= 11 is 6.04. The number of ether oxygens (including phenoxy) is 1. The van der Waals surface area contributed by atoms with Crippen LogP contribution in [0.2, 0.25) is 5.02 Å². The first-order valence-electron chi connectivity index (χ1n) is 6.36. The van der Waals surface area contributed by atoms with Crippen LogP contribution in [-0.2, 0) is 11.4 Å². The number of nitrogens with one attached hydrogen (secondary N) is 1. The summed E-state index contributed by atoms with van der Waals surface area (Å²) in [5.41, 5.74) is 7.04. The average molecular weight is 325 g/mol. The van der Waals surface area contributed by atoms with Gasteiger partial charge in [0.25, 0.3) is 0 Å². The maximum absolute atomic E-state index is 12.8. The molecule has 22 heavy (non-hydrogen) atoms. The summed E-state index contributed by atoms with van der Waals surface area (Å²) in [6.07, 6.45) is 0. The molecule has 116 valence electrons. The molecule has 0 saturated heterocycles. The largest absolute Gasteiger partial charge is 0.487 e. The fourth-order valence-electron chi connectivity index (χ4n) is 1.72. The number of aliphatic hydroxyl groups is 1. The Kier molecular flexibility index (Phi) is 5.19. The van der Waals surface area contributed by atoms with Crippen LogP contribution in [0.15, 0.2) is 36.4 Å². The van der Waals surface area contributed by atoms with E-state index in [0.717, 1.165) is 5.56 Å². The fraction of sp³-hybridized carbons (Fsp3) is 0.133. The predicted molar refractivity (Wildman–Crippen MR) is 82.3 cm³/mol. The number of carbonyl (C=O) groups is 1. The zero-order chi connectivity index (χ0) is 16.1. The summed E-state index contributed by atoms with van der Waals surface area (Å²) in [6, 6.07) is 8.75. The van der Waals surface area contributed by atoms with E-state index in [1.165, 1.54) is 24.3 Å². The first kappa shape index (κ1) is 16.1. The zero-order valence-electron chi connectivity index (χ0n) is 11.5. The number of aliphatic hydroxyl groups excluding tert-OH is 1. The van der Waals surface area contributed by atoms with Crippen molar-refractivity contribution >= 4 is 28.9 Å². The van der Waals surface area contributed by atoms with Crippen molar-refractivity contribution in [1.82, 2.24) is 0 Å². The first-order valence-corrected chi connectivity index (χ1v) is 6.74. The van der Waals surface area contributed by atoms with E-state index in [1.807, 2.05) is 0 Å². The van der Waals surface area contributed by atoms with Gasteiger partial charge >= 0.3 is 0 Å². The summed E-state index contributed by atoms with van der Waals surface area (Å²) in [4.78, 5) is 11.2. The van der Waals surface area contributed by atoms with E-state index in [1.54, 1.807) is 12.1 Å². The second-order valence-corrected chi connectivity index (χ2v) is 4.90. The monoisotopic (exact) mass is 324 g/mol. The van der Waals surface area contributed by atoms with Crippen LogP contribution in [0.5, 0.6) is 5.75 Å². The molecule has 0 saturated carbocycles. The Balaban J connectivity index is 2.14. The predicted octanol–water partition coefficient (Wildman–Crippen LogP) is 2.57. The highest BCUT2D eigenvalue weighted by atomic mass is 35.5. The Hall–Kier alpha value is -2.31. The number of carbonyl (C=O) groups excluding carboxylic acids is 1. The molecule has 0 spiro atoms. The van der Waals surface area contributed by atoms with E-state index in [4.69, 9.17) is 27.2 Å². The van der Waals surface area contributed by atoms with Gasteiger partial charge in [0.1, 0.15) is 24.8 Å². The fourth-order valence-corrected chi connectivity index (χ4v) is 1.95. The molecule has 0 unspecified atom stereocenters. The average Bonchev–Trinajstić information content (AvgIpc) is 2.50. The molecule has 0 aliphatic heterocycles. The van der Waals surface area contributed by atoms with Crippen LogP contribution in [0, 0.1) is 5.82 Å². The van der Waals surface area contributed by atoms with Gasteiger partial charge in [-0.15, -0.1) is 0 Å². The van der Waals surface area contributed by atoms with Gasteiger partial charge in [-0.1, -0.05) is 23.7 Å². The molecule has 0 aliphatic carbocycles. The summed E-state index contributed by atoms with van der Waals surface area (Å²) < 4.78 is 18.4. The van der Waals surface area contributed by atoms with Gasteiger partial charge in [0.2, 0.25) is 5.91 Å². The van der Waals surface area contributed by atoms with Crippen LogP contribution in [-0.4, -0.2) is 17.6 Å². The van der Waals surface area contributed by atoms with E-state index >= 15 is 0 Å². The molecule has 2 aromatic carbocycles. The number of anilines is 2. The van der Waals surface area contributed by atoms with Crippen LogP contribution in [0.1, 0.15) is 5.56 Å². The van der Waals surface area contributed by atoms with Crippen LogP contribution in [0.3, 0.4) is 0 Å². The Morgan fingerprint density at radius 2 is 2.00 bits per heavy atom. The third kappa shape index (κ3) is 4.09. The lowest BCUT2D eigenvalue weighted by Crippen LogP contribution is -2.16. The molecule has 4 N–H and O–H groups in total. The van der Waals surface area contributed by atoms with Crippen LogP contribution < -0.4 is 15.8 Å². The van der Waals surface area contributed by atoms with Crippen molar-refractivity contribution in [2.75, 3.05) is 17.7 Å². The second-order valence-electron chi connectivity index (χ2n) is 4.49. The van der Waals surface area contributed by atoms with E-state index in [9.17, 15) is 9.18 Å². The van der Waals surface area contributed by atoms with Crippen LogP contribution in [0.4, 0.5) is 15.8 Å². The summed E-state index contributed by atoms with van der Waals surface area (Å²) in [5, 5.41) is 11.5. The SMILES string of the molecule is Nc1cc(Cl)c(OCc2ccc(F)cc2)cc1NC(=O)CO. The molecule has 0 bridgehead atoms. The normalized spacial score (nSPS) is 10.3. The maximum atomic E-state index is 12.8. The molecule has 2 rings (SSSR count). The molecule has 2 aromatic rings. The lowest BCUT2D eigenvalue weighted by molar-refractivity contribution is -0.118. The Morgan fingerprint density at radius 3 is 2.64 bits per heavy atom. The standard InChI is InChI=1S/C15H14ClFN2O3/c16-11-5-12(18)13(19-15(21)7-20)6-14(11)22-8-9-1-3-10(17)4-2-9/h1-6,20H,7-8,18H2,(H,19,21). The molecule has 0 atom stereocenters. The topological polar surface area (TPSA) is 84.6 Å². The van der Waals surface area contributed by atoms with E-state index in [0.29, 0.717) is 5.75 Å². The third-order valence-corrected chi connectivity index (χ3v) is 3.12. The molecule has 0 aromatic heterocycles. The summed E-state index contributed by atoms with van der Waals surface area (Å²) in [7, 11) is 0. The lowest BCUT2D eigenvalue weighted by Gasteiger charge is -2.13. The van der Waals surface area contributed by atoms with Crippen molar-refractivity contribution in [1.29, 1.82) is 0 Å². The van der Waals surface area contributed by atoms with Crippen molar-refractivity contribution in [3.05, 3.63) is 52.8 Å². The van der Waals surface area contributed by atoms with E-state index in [-0.39, 0.29) is 28.8 Å². The number of nitrogen functional groups attached to an aromatic ring is 1. The minimum Gasteiger partial charge on any atom is -0.487 e. The van der Waals surface area contributed by atoms with Gasteiger partial charge < -0.3 is 20.9 Å². The molecule has 0 heterocycles. The number of hydrogen-bond acceptors (Lipinski definition) is 4. The number of rotatable bonds is 5. The van der Waals surface area contributed by atoms with Crippen LogP contribution in [0.25, 0.3) is 0 Å². The van der Waals surface area contributed by atoms with Crippen molar-refractivity contribution in [2.24, 2.45) is 0 Å². The van der Waals surface area contributed by atoms with Crippen molar-refractivity contribution < 1.29 is 19.0 Å². The van der Waals surface area contributed by atoms with Gasteiger partial charge in [0.05, 0.1) is 16.4 Å². The minimum absolute atomic E-state index is 0.178. The number of nitrogens with two attached hydrogens (primary N) is 1. The summed E-state index contributed by atoms with van der Waals surface area (Å²) in [6.45, 7) is -0.481. The van der Waals surface area contributed by atoms with Gasteiger partial charge in [0.15, 0.2) is 0 Å². The first-order chi connectivity index (χ1) is 10.5. The Labute approximate surface area is 131 Å². The third-order valence-electron chi connectivity index (χ3n) is 2.83. The number of halogens is 2. The van der Waals surface area contributed by atoms with Gasteiger partial charge in [-0.2, -0.15) is 0 Å². The molecular weight excluding hydrogens is 311 g/mol. The minimum atomic E-state index is -0.659. The smallest absolute Gasteiger partial charge is 0.250 e. The van der Waals surface area contributed by atoms with Crippen molar-refractivity contribution in [3.8, 4) is 5.75 Å². The molecule has 0 aliphatic rings. The van der Waals surface area contributed by atoms with Gasteiger partial charge in [0, 0.05) is 6.07 Å². The second kappa shape index (κ2) is 7.11. The van der Waals surface area contributed by atoms with Gasteiger partial charge in [-0.05, 0) is 23.8 Å². The Bertz CT molecular complexity index is 677. The van der Waals surface area contributed by atoms with Gasteiger partial charge in [-0.25, -0.2) is 4.39 Å². The number of benzene rings is 2. The van der Waals surface area contributed by atoms with Crippen LogP contribution >= 0.6 is 11.6 Å². The quantitative estimate of drug-likeness (QED) is 0.738. The highest BCUT2D eigenvalue weighted by Gasteiger charge is 2.10. The molecular formula is C15H14ClFN2O3. The zero-order valence-corrected chi connectivity index (χ0v) is 12.2. The number of amides is 1. The van der Waals surface area contributed by atoms with E-state index < -0.39 is 12.5 Å². The van der Waals surface area contributed by atoms with Gasteiger partial charge in [-0.3, -0.25) is 4.79 Å². The molecule has 0 radical (unpaired) electrons. The Morgan fingerprint density at radius 1 is 1.32 bits per heavy atom. The molecule has 5 nitrogen and oxygen atoms in total. The highest BCUT2D eigenvalue weighted by Crippen LogP contribution is 2.33. The summed E-state index contributed by atoms with van der Waals surface area (Å²) in [5.74, 6) is -0.616. The number of hydrogen-bond donors (Lipinski definition) is 3. The molecule has 7 heteroatoms. The molecule has 0 fully saturated rings. The van der Waals surface area contributed by atoms with Crippen molar-refractivity contribution in [3.63, 3.8) is 0 Å². The maximum Gasteiger partial charge on any atom is 0.250 e. The molecule has 1 amide bonds. The lowest BCUT2D eigenvalue weighted by atomic mass is 10.2. The van der Waals surface area contributed by atoms with E-state index in [2.05, 4.69) is 5.32 Å². The highest BCUT2D eigenvalue weighted by molar-refractivity contribution is 6.32. The van der Waals surface area contributed by atoms with Crippen molar-refractivity contribution in [2.45, 2.75) is 6.61 Å².